The summed E-state index contributed by atoms with van der Waals surface area (Å²) in [7, 11) is 0. The molecule has 11 aromatic carbocycles. The normalized spacial score (nSPS) is 11.8. The Balaban J connectivity index is 1.02. The van der Waals surface area contributed by atoms with E-state index in [2.05, 4.69) is 202 Å². The van der Waals surface area contributed by atoms with Crippen molar-refractivity contribution in [3.05, 3.63) is 243 Å². The standard InChI is InChI=1S/C66H40N6O2/c1-3-13-41(14-4-1)63-49-29-25-44(72(46-28-32-56-58(40-46)70-36-34-68-56)60-22-12-20-52-48-18-8-10-24-62(48)74-66(52)60)38-54(49)64(42-15-5-2-6-16-42)50-30-26-43(37-53(50)63)71(45-27-31-55-57(39-45)69-35-33-67-55)59-21-11-19-51-47-17-7-9-23-61(47)73-65(51)59/h1-40H. The first kappa shape index (κ1) is 41.6. The van der Waals surface area contributed by atoms with Gasteiger partial charge in [-0.2, -0.15) is 0 Å². The minimum atomic E-state index is 0.799. The maximum atomic E-state index is 6.78. The van der Waals surface area contributed by atoms with Crippen LogP contribution in [0.15, 0.2) is 252 Å². The predicted octanol–water partition coefficient (Wildman–Crippen LogP) is 18.0. The fraction of sp³-hybridized carbons (Fsp3) is 0. The highest BCUT2D eigenvalue weighted by atomic mass is 16.3. The van der Waals surface area contributed by atoms with E-state index >= 15 is 0 Å². The highest BCUT2D eigenvalue weighted by Gasteiger charge is 2.26. The topological polar surface area (TPSA) is 84.3 Å². The second kappa shape index (κ2) is 16.7. The molecule has 0 amide bonds. The summed E-state index contributed by atoms with van der Waals surface area (Å²) in [6.07, 6.45) is 6.96. The van der Waals surface area contributed by atoms with Crippen LogP contribution in [0.2, 0.25) is 0 Å². The van der Waals surface area contributed by atoms with Gasteiger partial charge >= 0.3 is 0 Å². The lowest BCUT2D eigenvalue weighted by Crippen LogP contribution is -2.11. The smallest absolute Gasteiger partial charge is 0.159 e. The monoisotopic (exact) mass is 948 g/mol. The molecule has 0 aliphatic carbocycles. The van der Waals surface area contributed by atoms with Crippen molar-refractivity contribution in [2.24, 2.45) is 0 Å². The van der Waals surface area contributed by atoms with E-state index in [1.165, 1.54) is 0 Å². The van der Waals surface area contributed by atoms with E-state index < -0.39 is 0 Å². The van der Waals surface area contributed by atoms with Crippen molar-refractivity contribution in [3.8, 4) is 22.3 Å². The molecule has 0 atom stereocenters. The van der Waals surface area contributed by atoms with E-state index in [1.54, 1.807) is 24.8 Å². The summed E-state index contributed by atoms with van der Waals surface area (Å²) in [5.74, 6) is 0. The van der Waals surface area contributed by atoms with Gasteiger partial charge in [-0.15, -0.1) is 0 Å². The van der Waals surface area contributed by atoms with Crippen LogP contribution < -0.4 is 9.80 Å². The molecule has 0 spiro atoms. The largest absolute Gasteiger partial charge is 0.454 e. The second-order valence-corrected chi connectivity index (χ2v) is 18.6. The van der Waals surface area contributed by atoms with Gasteiger partial charge in [-0.3, -0.25) is 19.9 Å². The van der Waals surface area contributed by atoms with Crippen LogP contribution in [0.5, 0.6) is 0 Å². The van der Waals surface area contributed by atoms with Gasteiger partial charge < -0.3 is 18.6 Å². The Labute approximate surface area is 423 Å². The van der Waals surface area contributed by atoms with Crippen LogP contribution in [0, 0.1) is 0 Å². The Hall–Kier alpha value is -10.2. The van der Waals surface area contributed by atoms with Crippen LogP contribution in [-0.4, -0.2) is 19.9 Å². The van der Waals surface area contributed by atoms with Crippen molar-refractivity contribution in [1.29, 1.82) is 0 Å². The Morgan fingerprint density at radius 2 is 0.649 bits per heavy atom. The highest BCUT2D eigenvalue weighted by Crippen LogP contribution is 2.50. The Morgan fingerprint density at radius 1 is 0.270 bits per heavy atom. The van der Waals surface area contributed by atoms with Crippen LogP contribution in [0.3, 0.4) is 0 Å². The van der Waals surface area contributed by atoms with E-state index in [0.29, 0.717) is 0 Å². The van der Waals surface area contributed by atoms with Crippen LogP contribution >= 0.6 is 0 Å². The zero-order chi connectivity index (χ0) is 48.7. The maximum Gasteiger partial charge on any atom is 0.159 e. The summed E-state index contributed by atoms with van der Waals surface area (Å²) < 4.78 is 13.6. The minimum Gasteiger partial charge on any atom is -0.454 e. The van der Waals surface area contributed by atoms with Crippen molar-refractivity contribution < 1.29 is 8.83 Å². The van der Waals surface area contributed by atoms with Gasteiger partial charge in [-0.1, -0.05) is 133 Å². The Kier molecular flexibility index (Phi) is 9.40. The number of hydrogen-bond acceptors (Lipinski definition) is 8. The molecule has 15 aromatic rings. The predicted molar refractivity (Wildman–Crippen MR) is 302 cm³/mol. The van der Waals surface area contributed by atoms with Gasteiger partial charge in [-0.25, -0.2) is 0 Å². The fourth-order valence-corrected chi connectivity index (χ4v) is 11.2. The van der Waals surface area contributed by atoms with E-state index in [4.69, 9.17) is 18.8 Å². The Morgan fingerprint density at radius 3 is 1.11 bits per heavy atom. The lowest BCUT2D eigenvalue weighted by atomic mass is 9.85. The second-order valence-electron chi connectivity index (χ2n) is 18.6. The molecule has 0 saturated carbocycles. The van der Waals surface area contributed by atoms with Crippen molar-refractivity contribution in [2.75, 3.05) is 9.80 Å². The molecule has 0 aliphatic heterocycles. The molecule has 4 heterocycles. The number of rotatable bonds is 8. The summed E-state index contributed by atoms with van der Waals surface area (Å²) >= 11 is 0. The lowest BCUT2D eigenvalue weighted by molar-refractivity contribution is 0.668. The van der Waals surface area contributed by atoms with Crippen molar-refractivity contribution in [2.45, 2.75) is 0 Å². The molecule has 8 nitrogen and oxygen atoms in total. The summed E-state index contributed by atoms with van der Waals surface area (Å²) in [5.41, 5.74) is 16.6. The summed E-state index contributed by atoms with van der Waals surface area (Å²) in [6.45, 7) is 0. The van der Waals surface area contributed by atoms with Gasteiger partial charge in [0.15, 0.2) is 11.2 Å². The molecule has 8 heteroatoms. The molecule has 15 rings (SSSR count). The third-order valence-electron chi connectivity index (χ3n) is 14.4. The molecule has 0 fully saturated rings. The first-order valence-corrected chi connectivity index (χ1v) is 24.7. The van der Waals surface area contributed by atoms with E-state index in [9.17, 15) is 0 Å². The zero-order valence-corrected chi connectivity index (χ0v) is 39.6. The molecule has 0 radical (unpaired) electrons. The SMILES string of the molecule is c1ccc(-c2c3ccc(N(c4ccc5nccnc5c4)c4cccc5c4oc4ccccc45)cc3c(-c3ccccc3)c3ccc(N(c4ccc5nccnc5c4)c4cccc5c4oc4ccccc45)cc23)cc1. The first-order chi connectivity index (χ1) is 36.7. The Bertz CT molecular complexity index is 4400. The average Bonchev–Trinajstić information content (AvgIpc) is 4.05. The molecule has 346 valence electrons. The third kappa shape index (κ3) is 6.62. The van der Waals surface area contributed by atoms with Crippen molar-refractivity contribution >= 4 is 122 Å². The van der Waals surface area contributed by atoms with Gasteiger partial charge in [0.1, 0.15) is 11.2 Å². The number of nitrogens with zero attached hydrogens (tertiary/aromatic N) is 6. The molecule has 74 heavy (non-hydrogen) atoms. The van der Waals surface area contributed by atoms with Crippen LogP contribution in [-0.2, 0) is 0 Å². The van der Waals surface area contributed by atoms with Gasteiger partial charge in [0, 0.05) is 69.1 Å². The summed E-state index contributed by atoms with van der Waals surface area (Å²) in [6, 6.07) is 77.2. The van der Waals surface area contributed by atoms with Gasteiger partial charge in [0.2, 0.25) is 0 Å². The van der Waals surface area contributed by atoms with Crippen LogP contribution in [0.25, 0.3) is 110 Å². The molecule has 0 N–H and O–H groups in total. The van der Waals surface area contributed by atoms with E-state index in [1.807, 2.05) is 36.4 Å². The molecular formula is C66H40N6O2. The quantitative estimate of drug-likeness (QED) is 0.139. The molecule has 0 saturated heterocycles. The number of furan rings is 2. The minimum absolute atomic E-state index is 0.799. The fourth-order valence-electron chi connectivity index (χ4n) is 11.2. The highest BCUT2D eigenvalue weighted by molar-refractivity contribution is 6.23. The lowest BCUT2D eigenvalue weighted by Gasteiger charge is -2.28. The molecule has 0 unspecified atom stereocenters. The molecule has 0 bridgehead atoms. The van der Waals surface area contributed by atoms with E-state index in [0.717, 1.165) is 144 Å². The summed E-state index contributed by atoms with van der Waals surface area (Å²) in [4.78, 5) is 23.4. The summed E-state index contributed by atoms with van der Waals surface area (Å²) in [5, 5.41) is 8.66. The number of hydrogen-bond donors (Lipinski definition) is 0. The van der Waals surface area contributed by atoms with Crippen molar-refractivity contribution in [1.82, 2.24) is 19.9 Å². The van der Waals surface area contributed by atoms with Gasteiger partial charge in [0.05, 0.1) is 33.4 Å². The van der Waals surface area contributed by atoms with Gasteiger partial charge in [-0.05, 0) is 129 Å². The van der Waals surface area contributed by atoms with Crippen molar-refractivity contribution in [3.63, 3.8) is 0 Å². The number of benzene rings is 11. The molecule has 0 aliphatic rings. The number of anilines is 6. The number of para-hydroxylation sites is 4. The van der Waals surface area contributed by atoms with Crippen LogP contribution in [0.1, 0.15) is 0 Å². The average molecular weight is 949 g/mol. The van der Waals surface area contributed by atoms with Crippen LogP contribution in [0.4, 0.5) is 34.1 Å². The zero-order valence-electron chi connectivity index (χ0n) is 39.6. The number of aromatic nitrogens is 4. The van der Waals surface area contributed by atoms with E-state index in [-0.39, 0.29) is 0 Å². The molecule has 4 aromatic heterocycles. The number of fused-ring (bicyclic) bond motifs is 10. The maximum absolute atomic E-state index is 6.78. The molecular weight excluding hydrogens is 909 g/mol. The first-order valence-electron chi connectivity index (χ1n) is 24.7. The van der Waals surface area contributed by atoms with Gasteiger partial charge in [0.25, 0.3) is 0 Å². The third-order valence-corrected chi connectivity index (χ3v) is 14.4.